The van der Waals surface area contributed by atoms with Crippen LogP contribution in [0, 0.1) is 5.92 Å². The molecule has 1 aliphatic carbocycles. The van der Waals surface area contributed by atoms with Gasteiger partial charge < -0.3 is 20.7 Å². The van der Waals surface area contributed by atoms with Crippen LogP contribution in [-0.2, 0) is 4.74 Å². The Hall–Kier alpha value is -0.660. The molecule has 1 aliphatic heterocycles. The molecule has 3 atom stereocenters. The van der Waals surface area contributed by atoms with E-state index in [2.05, 4.69) is 31.9 Å². The van der Waals surface area contributed by atoms with E-state index >= 15 is 0 Å². The third-order valence-electron chi connectivity index (χ3n) is 4.96. The highest BCUT2D eigenvalue weighted by Crippen LogP contribution is 2.29. The Labute approximate surface area is 164 Å². The van der Waals surface area contributed by atoms with Crippen molar-refractivity contribution in [2.75, 3.05) is 32.8 Å². The summed E-state index contributed by atoms with van der Waals surface area (Å²) in [5, 5.41) is 10.2. The van der Waals surface area contributed by atoms with Crippen LogP contribution in [0.15, 0.2) is 28.7 Å². The van der Waals surface area contributed by atoms with Crippen molar-refractivity contribution in [3.63, 3.8) is 0 Å². The van der Waals surface area contributed by atoms with Crippen LogP contribution in [0.1, 0.15) is 29.6 Å². The molecule has 2 aliphatic rings. The van der Waals surface area contributed by atoms with Gasteiger partial charge in [0, 0.05) is 41.8 Å². The average Bonchev–Trinajstić information content (AvgIpc) is 3.08. The van der Waals surface area contributed by atoms with E-state index in [9.17, 15) is 4.79 Å². The fourth-order valence-electron chi connectivity index (χ4n) is 3.72. The van der Waals surface area contributed by atoms with Crippen molar-refractivity contribution in [2.45, 2.75) is 31.3 Å². The number of benzene rings is 1. The lowest BCUT2D eigenvalue weighted by molar-refractivity contribution is 0.0526. The Bertz CT molecular complexity index is 538. The molecule has 1 saturated heterocycles. The Morgan fingerprint density at radius 1 is 1.24 bits per heavy atom. The Kier molecular flexibility index (Phi) is 8.66. The largest absolute Gasteiger partial charge is 0.379 e. The van der Waals surface area contributed by atoms with Crippen LogP contribution in [0.2, 0.25) is 0 Å². The molecule has 1 heterocycles. The predicted molar refractivity (Wildman–Crippen MR) is 105 cm³/mol. The molecule has 3 rings (SSSR count). The first-order valence-corrected chi connectivity index (χ1v) is 9.61. The fourth-order valence-corrected chi connectivity index (χ4v) is 3.99. The quantitative estimate of drug-likeness (QED) is 0.604. The highest BCUT2D eigenvalue weighted by molar-refractivity contribution is 9.10. The highest BCUT2D eigenvalue weighted by atomic mass is 79.9. The van der Waals surface area contributed by atoms with Gasteiger partial charge in [-0.3, -0.25) is 4.79 Å². The third kappa shape index (κ3) is 5.93. The van der Waals surface area contributed by atoms with Crippen LogP contribution >= 0.6 is 28.3 Å². The zero-order valence-corrected chi connectivity index (χ0v) is 16.7. The van der Waals surface area contributed by atoms with Crippen molar-refractivity contribution in [1.29, 1.82) is 0 Å². The smallest absolute Gasteiger partial charge is 0.251 e. The summed E-state index contributed by atoms with van der Waals surface area (Å²) in [6.45, 7) is 4.05. The summed E-state index contributed by atoms with van der Waals surface area (Å²) in [5.74, 6) is 0.613. The van der Waals surface area contributed by atoms with Gasteiger partial charge in [-0.05, 0) is 43.0 Å². The Morgan fingerprint density at radius 2 is 2.04 bits per heavy atom. The van der Waals surface area contributed by atoms with Crippen molar-refractivity contribution in [3.8, 4) is 0 Å². The molecule has 0 aromatic heterocycles. The lowest BCUT2D eigenvalue weighted by Crippen LogP contribution is -2.51. The molecule has 140 valence electrons. The zero-order valence-electron chi connectivity index (χ0n) is 14.3. The highest BCUT2D eigenvalue weighted by Gasteiger charge is 2.34. The van der Waals surface area contributed by atoms with Gasteiger partial charge in [0.15, 0.2) is 0 Å². The minimum atomic E-state index is -0.0189. The van der Waals surface area contributed by atoms with Crippen LogP contribution < -0.4 is 16.0 Å². The van der Waals surface area contributed by atoms with Gasteiger partial charge in [-0.25, -0.2) is 0 Å². The summed E-state index contributed by atoms with van der Waals surface area (Å²) in [4.78, 5) is 12.1. The summed E-state index contributed by atoms with van der Waals surface area (Å²) in [6, 6.07) is 8.42. The van der Waals surface area contributed by atoms with Gasteiger partial charge in [-0.15, -0.1) is 12.4 Å². The molecule has 25 heavy (non-hydrogen) atoms. The molecule has 3 unspecified atom stereocenters. The van der Waals surface area contributed by atoms with Crippen LogP contribution in [0.4, 0.5) is 0 Å². The molecule has 3 N–H and O–H groups in total. The van der Waals surface area contributed by atoms with Crippen LogP contribution in [-0.4, -0.2) is 50.8 Å². The Balaban J connectivity index is 0.00000225. The SMILES string of the molecule is Cl.O=C(NCCNC1CCCC1C1COCCN1)c1ccc(Br)cc1. The van der Waals surface area contributed by atoms with Crippen molar-refractivity contribution in [1.82, 2.24) is 16.0 Å². The number of morpholine rings is 1. The maximum Gasteiger partial charge on any atom is 0.251 e. The number of carbonyl (C=O) groups is 1. The van der Waals surface area contributed by atoms with Crippen LogP contribution in [0.5, 0.6) is 0 Å². The lowest BCUT2D eigenvalue weighted by atomic mass is 9.94. The fraction of sp³-hybridized carbons (Fsp3) is 0.611. The molecule has 1 amide bonds. The zero-order chi connectivity index (χ0) is 16.8. The molecular weight excluding hydrogens is 406 g/mol. The maximum absolute atomic E-state index is 12.1. The number of nitrogens with one attached hydrogen (secondary N) is 3. The van der Waals surface area contributed by atoms with Crippen LogP contribution in [0.3, 0.4) is 0 Å². The van der Waals surface area contributed by atoms with E-state index < -0.39 is 0 Å². The molecule has 1 aromatic carbocycles. The van der Waals surface area contributed by atoms with Gasteiger partial charge in [-0.2, -0.15) is 0 Å². The topological polar surface area (TPSA) is 62.4 Å². The van der Waals surface area contributed by atoms with E-state index in [0.717, 1.165) is 30.8 Å². The number of hydrogen-bond acceptors (Lipinski definition) is 4. The van der Waals surface area contributed by atoms with E-state index in [1.165, 1.54) is 19.3 Å². The van der Waals surface area contributed by atoms with Crippen molar-refractivity contribution >= 4 is 34.2 Å². The average molecular weight is 433 g/mol. The summed E-state index contributed by atoms with van der Waals surface area (Å²) < 4.78 is 6.59. The minimum Gasteiger partial charge on any atom is -0.379 e. The number of rotatable bonds is 6. The molecule has 5 nitrogen and oxygen atoms in total. The number of hydrogen-bond donors (Lipinski definition) is 3. The first kappa shape index (κ1) is 20.6. The number of halogens is 2. The number of amides is 1. The Morgan fingerprint density at radius 3 is 2.76 bits per heavy atom. The molecule has 0 spiro atoms. The van der Waals surface area contributed by atoms with Crippen LogP contribution in [0.25, 0.3) is 0 Å². The summed E-state index contributed by atoms with van der Waals surface area (Å²) in [6.07, 6.45) is 3.74. The van der Waals surface area contributed by atoms with Gasteiger partial charge >= 0.3 is 0 Å². The minimum absolute atomic E-state index is 0. The molecule has 1 aromatic rings. The van der Waals surface area contributed by atoms with Crippen molar-refractivity contribution in [3.05, 3.63) is 34.3 Å². The normalized spacial score (nSPS) is 26.0. The van der Waals surface area contributed by atoms with E-state index in [1.807, 2.05) is 24.3 Å². The summed E-state index contributed by atoms with van der Waals surface area (Å²) >= 11 is 3.38. The van der Waals surface area contributed by atoms with Gasteiger partial charge in [0.25, 0.3) is 5.91 Å². The first-order chi connectivity index (χ1) is 11.7. The van der Waals surface area contributed by atoms with Crippen molar-refractivity contribution < 1.29 is 9.53 Å². The second kappa shape index (κ2) is 10.5. The third-order valence-corrected chi connectivity index (χ3v) is 5.49. The van der Waals surface area contributed by atoms with Gasteiger partial charge in [0.05, 0.1) is 13.2 Å². The van der Waals surface area contributed by atoms with Crippen molar-refractivity contribution in [2.24, 2.45) is 5.92 Å². The summed E-state index contributed by atoms with van der Waals surface area (Å²) in [5.41, 5.74) is 0.695. The first-order valence-electron chi connectivity index (χ1n) is 8.82. The molecule has 0 radical (unpaired) electrons. The maximum atomic E-state index is 12.1. The molecule has 1 saturated carbocycles. The number of ether oxygens (including phenoxy) is 1. The molecule has 2 fully saturated rings. The van der Waals surface area contributed by atoms with E-state index in [1.54, 1.807) is 0 Å². The number of carbonyl (C=O) groups excluding carboxylic acids is 1. The molecule has 7 heteroatoms. The van der Waals surface area contributed by atoms with Gasteiger partial charge in [0.1, 0.15) is 0 Å². The summed E-state index contributed by atoms with van der Waals surface area (Å²) in [7, 11) is 0. The van der Waals surface area contributed by atoms with E-state index in [0.29, 0.717) is 30.1 Å². The van der Waals surface area contributed by atoms with Gasteiger partial charge in [-0.1, -0.05) is 22.4 Å². The predicted octanol–water partition coefficient (Wildman–Crippen LogP) is 2.35. The van der Waals surface area contributed by atoms with E-state index in [4.69, 9.17) is 4.74 Å². The van der Waals surface area contributed by atoms with Gasteiger partial charge in [0.2, 0.25) is 0 Å². The standard InChI is InChI=1S/C18H26BrN3O2.ClH/c19-14-6-4-13(5-7-14)18(23)22-9-8-20-16-3-1-2-15(16)17-12-24-11-10-21-17;/h4-7,15-17,20-21H,1-3,8-12H2,(H,22,23);1H. The lowest BCUT2D eigenvalue weighted by Gasteiger charge is -2.33. The second-order valence-electron chi connectivity index (χ2n) is 6.55. The molecular formula is C18H27BrClN3O2. The second-order valence-corrected chi connectivity index (χ2v) is 7.47. The monoisotopic (exact) mass is 431 g/mol. The molecule has 0 bridgehead atoms. The van der Waals surface area contributed by atoms with E-state index in [-0.39, 0.29) is 18.3 Å².